The summed E-state index contributed by atoms with van der Waals surface area (Å²) < 4.78 is 0. The van der Waals surface area contributed by atoms with Gasteiger partial charge in [0.2, 0.25) is 0 Å². The van der Waals surface area contributed by atoms with E-state index in [1.165, 1.54) is 11.8 Å². The molecule has 78 valence electrons. The summed E-state index contributed by atoms with van der Waals surface area (Å²) in [6.07, 6.45) is 1.92. The van der Waals surface area contributed by atoms with Crippen molar-refractivity contribution >= 4 is 29.3 Å². The van der Waals surface area contributed by atoms with Crippen molar-refractivity contribution in [1.29, 1.82) is 5.26 Å². The van der Waals surface area contributed by atoms with Crippen LogP contribution in [-0.2, 0) is 0 Å². The molecule has 1 aromatic carbocycles. The highest BCUT2D eigenvalue weighted by Crippen LogP contribution is 2.22. The van der Waals surface area contributed by atoms with Gasteiger partial charge in [0.1, 0.15) is 6.54 Å². The number of carbonyl (C=O) groups excluding carboxylic acids is 1. The Kier molecular flexibility index (Phi) is 4.47. The Morgan fingerprint density at radius 2 is 2.40 bits per heavy atom. The first kappa shape index (κ1) is 11.9. The van der Waals surface area contributed by atoms with Crippen LogP contribution in [0, 0.1) is 11.3 Å². The largest absolute Gasteiger partial charge is 0.339 e. The van der Waals surface area contributed by atoms with E-state index in [4.69, 9.17) is 16.9 Å². The molecule has 0 aliphatic rings. The highest BCUT2D eigenvalue weighted by Gasteiger charge is 2.10. The average Bonchev–Trinajstić information content (AvgIpc) is 2.26. The topological polar surface area (TPSA) is 52.9 Å². The van der Waals surface area contributed by atoms with Gasteiger partial charge in [-0.2, -0.15) is 5.26 Å². The van der Waals surface area contributed by atoms with Crippen LogP contribution in [0.5, 0.6) is 0 Å². The Morgan fingerprint density at radius 1 is 1.67 bits per heavy atom. The summed E-state index contributed by atoms with van der Waals surface area (Å²) in [6.45, 7) is -0.0152. The predicted octanol–water partition coefficient (Wildman–Crippen LogP) is 2.32. The van der Waals surface area contributed by atoms with Crippen LogP contribution in [0.15, 0.2) is 23.1 Å². The Morgan fingerprint density at radius 3 is 3.00 bits per heavy atom. The Hall–Kier alpha value is -1.18. The molecule has 5 heteroatoms. The molecule has 3 nitrogen and oxygen atoms in total. The number of carbonyl (C=O) groups is 1. The maximum atomic E-state index is 11.5. The molecule has 15 heavy (non-hydrogen) atoms. The maximum Gasteiger partial charge on any atom is 0.253 e. The third kappa shape index (κ3) is 3.15. The predicted molar refractivity (Wildman–Crippen MR) is 61.2 cm³/mol. The molecule has 0 aliphatic carbocycles. The molecule has 0 bridgehead atoms. The highest BCUT2D eigenvalue weighted by molar-refractivity contribution is 7.98. The number of halogens is 1. The monoisotopic (exact) mass is 240 g/mol. The van der Waals surface area contributed by atoms with Gasteiger partial charge in [-0.3, -0.25) is 4.79 Å². The molecule has 0 radical (unpaired) electrons. The minimum absolute atomic E-state index is 0.0152. The van der Waals surface area contributed by atoms with E-state index < -0.39 is 0 Å². The summed E-state index contributed by atoms with van der Waals surface area (Å²) in [4.78, 5) is 12.5. The average molecular weight is 241 g/mol. The normalized spacial score (nSPS) is 9.40. The van der Waals surface area contributed by atoms with Crippen molar-refractivity contribution in [2.75, 3.05) is 12.8 Å². The van der Waals surface area contributed by atoms with Crippen LogP contribution in [0.4, 0.5) is 0 Å². The molecule has 0 spiro atoms. The standard InChI is InChI=1S/C10H9ClN2OS/c1-15-7-2-3-9(11)8(6-7)10(14)13-5-4-12/h2-3,6H,5H2,1H3,(H,13,14). The van der Waals surface area contributed by atoms with Gasteiger partial charge in [0.15, 0.2) is 0 Å². The van der Waals surface area contributed by atoms with Crippen LogP contribution in [0.25, 0.3) is 0 Å². The molecule has 0 saturated heterocycles. The summed E-state index contributed by atoms with van der Waals surface area (Å²) in [5.41, 5.74) is 0.402. The molecule has 0 atom stereocenters. The fourth-order valence-electron chi connectivity index (χ4n) is 1.02. The number of nitrogens with zero attached hydrogens (tertiary/aromatic N) is 1. The van der Waals surface area contributed by atoms with Crippen molar-refractivity contribution in [2.45, 2.75) is 4.90 Å². The first-order valence-electron chi connectivity index (χ1n) is 4.17. The van der Waals surface area contributed by atoms with E-state index in [1.54, 1.807) is 12.1 Å². The number of benzene rings is 1. The van der Waals surface area contributed by atoms with Gasteiger partial charge in [0.25, 0.3) is 5.91 Å². The fourth-order valence-corrected chi connectivity index (χ4v) is 1.66. The van der Waals surface area contributed by atoms with E-state index in [-0.39, 0.29) is 12.5 Å². The van der Waals surface area contributed by atoms with E-state index in [9.17, 15) is 4.79 Å². The first-order chi connectivity index (χ1) is 7.19. The molecule has 0 aliphatic heterocycles. The lowest BCUT2D eigenvalue weighted by Gasteiger charge is -2.05. The van der Waals surface area contributed by atoms with Gasteiger partial charge in [-0.15, -0.1) is 11.8 Å². The molecule has 0 fully saturated rings. The van der Waals surface area contributed by atoms with Crippen LogP contribution in [0.2, 0.25) is 5.02 Å². The van der Waals surface area contributed by atoms with Gasteiger partial charge in [0.05, 0.1) is 16.7 Å². The number of amides is 1. The van der Waals surface area contributed by atoms with E-state index in [2.05, 4.69) is 5.32 Å². The number of hydrogen-bond donors (Lipinski definition) is 1. The second kappa shape index (κ2) is 5.64. The quantitative estimate of drug-likeness (QED) is 0.652. The number of nitrogens with one attached hydrogen (secondary N) is 1. The molecular weight excluding hydrogens is 232 g/mol. The zero-order valence-electron chi connectivity index (χ0n) is 8.08. The van der Waals surface area contributed by atoms with Crippen LogP contribution in [0.1, 0.15) is 10.4 Å². The van der Waals surface area contributed by atoms with Gasteiger partial charge < -0.3 is 5.32 Å². The highest BCUT2D eigenvalue weighted by atomic mass is 35.5. The van der Waals surface area contributed by atoms with E-state index in [0.717, 1.165) is 4.90 Å². The summed E-state index contributed by atoms with van der Waals surface area (Å²) in [5.74, 6) is -0.322. The van der Waals surface area contributed by atoms with Gasteiger partial charge in [-0.1, -0.05) is 11.6 Å². The molecule has 1 amide bonds. The third-order valence-electron chi connectivity index (χ3n) is 1.75. The van der Waals surface area contributed by atoms with Crippen molar-refractivity contribution < 1.29 is 4.79 Å². The molecule has 0 saturated carbocycles. The number of rotatable bonds is 3. The summed E-state index contributed by atoms with van der Waals surface area (Å²) in [7, 11) is 0. The van der Waals surface area contributed by atoms with Crippen LogP contribution in [0.3, 0.4) is 0 Å². The number of hydrogen-bond acceptors (Lipinski definition) is 3. The minimum Gasteiger partial charge on any atom is -0.339 e. The maximum absolute atomic E-state index is 11.5. The molecule has 1 aromatic rings. The second-order valence-electron chi connectivity index (χ2n) is 2.69. The molecule has 1 N–H and O–H groups in total. The SMILES string of the molecule is CSc1ccc(Cl)c(C(=O)NCC#N)c1. The summed E-state index contributed by atoms with van der Waals surface area (Å²) in [5, 5.41) is 11.2. The molecule has 0 heterocycles. The van der Waals surface area contributed by atoms with Crippen molar-refractivity contribution in [3.63, 3.8) is 0 Å². The first-order valence-corrected chi connectivity index (χ1v) is 5.78. The van der Waals surface area contributed by atoms with Crippen LogP contribution >= 0.6 is 23.4 Å². The zero-order chi connectivity index (χ0) is 11.3. The number of nitriles is 1. The fraction of sp³-hybridized carbons (Fsp3) is 0.200. The molecule has 0 aromatic heterocycles. The van der Waals surface area contributed by atoms with E-state index >= 15 is 0 Å². The number of thioether (sulfide) groups is 1. The van der Waals surface area contributed by atoms with Crippen LogP contribution in [-0.4, -0.2) is 18.7 Å². The van der Waals surface area contributed by atoms with Crippen molar-refractivity contribution in [2.24, 2.45) is 0 Å². The van der Waals surface area contributed by atoms with Gasteiger partial charge >= 0.3 is 0 Å². The van der Waals surface area contributed by atoms with Crippen LogP contribution < -0.4 is 5.32 Å². The third-order valence-corrected chi connectivity index (χ3v) is 2.80. The molecular formula is C10H9ClN2OS. The van der Waals surface area contributed by atoms with E-state index in [1.807, 2.05) is 18.4 Å². The Balaban J connectivity index is 2.92. The zero-order valence-corrected chi connectivity index (χ0v) is 9.65. The lowest BCUT2D eigenvalue weighted by Crippen LogP contribution is -2.23. The van der Waals surface area contributed by atoms with Crippen molar-refractivity contribution in [1.82, 2.24) is 5.32 Å². The minimum atomic E-state index is -0.322. The summed E-state index contributed by atoms with van der Waals surface area (Å²) >= 11 is 7.40. The second-order valence-corrected chi connectivity index (χ2v) is 3.97. The molecule has 0 unspecified atom stereocenters. The molecule has 1 rings (SSSR count). The van der Waals surface area contributed by atoms with Crippen molar-refractivity contribution in [3.05, 3.63) is 28.8 Å². The lowest BCUT2D eigenvalue weighted by molar-refractivity contribution is 0.0958. The van der Waals surface area contributed by atoms with Gasteiger partial charge in [-0.05, 0) is 24.5 Å². The lowest BCUT2D eigenvalue weighted by atomic mass is 10.2. The van der Waals surface area contributed by atoms with Gasteiger partial charge in [-0.25, -0.2) is 0 Å². The summed E-state index contributed by atoms with van der Waals surface area (Å²) in [6, 6.07) is 7.06. The Bertz CT molecular complexity index is 414. The van der Waals surface area contributed by atoms with E-state index in [0.29, 0.717) is 10.6 Å². The van der Waals surface area contributed by atoms with Crippen molar-refractivity contribution in [3.8, 4) is 6.07 Å². The Labute approximate surface area is 97.4 Å². The van der Waals surface area contributed by atoms with Gasteiger partial charge in [0, 0.05) is 4.90 Å². The smallest absolute Gasteiger partial charge is 0.253 e.